The lowest BCUT2D eigenvalue weighted by atomic mass is 9.71. The minimum Gasteiger partial charge on any atom is -0.302 e. The van der Waals surface area contributed by atoms with Crippen molar-refractivity contribution in [1.82, 2.24) is 10.3 Å². The first-order chi connectivity index (χ1) is 9.98. The third kappa shape index (κ3) is 3.62. The van der Waals surface area contributed by atoms with Crippen molar-refractivity contribution < 1.29 is 4.39 Å². The normalized spacial score (nSPS) is 27.8. The lowest BCUT2D eigenvalue weighted by Gasteiger charge is -2.49. The van der Waals surface area contributed by atoms with Crippen LogP contribution in [-0.2, 0) is 6.42 Å². The van der Waals surface area contributed by atoms with Gasteiger partial charge >= 0.3 is 0 Å². The number of nitrogens with two attached hydrogens (primary N) is 1. The van der Waals surface area contributed by atoms with Crippen LogP contribution in [0.4, 0.5) is 4.39 Å². The van der Waals surface area contributed by atoms with Crippen LogP contribution in [0.3, 0.4) is 0 Å². The topological polar surface area (TPSA) is 41.3 Å². The Balaban J connectivity index is 2.18. The lowest BCUT2D eigenvalue weighted by molar-refractivity contribution is 0.0434. The van der Waals surface area contributed by atoms with E-state index in [0.717, 1.165) is 30.7 Å². The maximum absolute atomic E-state index is 13.1. The fourth-order valence-electron chi connectivity index (χ4n) is 3.63. The first kappa shape index (κ1) is 16.4. The predicted molar refractivity (Wildman–Crippen MR) is 85.3 cm³/mol. The zero-order valence-electron chi connectivity index (χ0n) is 13.4. The summed E-state index contributed by atoms with van der Waals surface area (Å²) in [5.41, 5.74) is 4.24. The van der Waals surface area contributed by atoms with Crippen molar-refractivity contribution in [2.75, 3.05) is 14.1 Å². The van der Waals surface area contributed by atoms with Gasteiger partial charge in [0.05, 0.1) is 0 Å². The van der Waals surface area contributed by atoms with Gasteiger partial charge < -0.3 is 4.90 Å². The molecule has 118 valence electrons. The first-order valence-electron chi connectivity index (χ1n) is 7.86. The number of likely N-dealkylation sites (N-methyl/N-ethyl adjacent to an activating group) is 1. The molecule has 1 aliphatic rings. The van der Waals surface area contributed by atoms with Gasteiger partial charge in [0, 0.05) is 11.6 Å². The highest BCUT2D eigenvalue weighted by molar-refractivity contribution is 5.19. The zero-order chi connectivity index (χ0) is 15.5. The zero-order valence-corrected chi connectivity index (χ0v) is 13.4. The number of nitrogens with one attached hydrogen (secondary N) is 1. The molecule has 1 aromatic rings. The Kier molecular flexibility index (Phi) is 5.36. The molecule has 1 fully saturated rings. The van der Waals surface area contributed by atoms with Crippen LogP contribution in [-0.4, -0.2) is 30.6 Å². The van der Waals surface area contributed by atoms with E-state index in [2.05, 4.69) is 31.3 Å². The molecule has 0 saturated heterocycles. The van der Waals surface area contributed by atoms with Crippen LogP contribution < -0.4 is 11.3 Å². The largest absolute Gasteiger partial charge is 0.302 e. The van der Waals surface area contributed by atoms with Gasteiger partial charge in [0.2, 0.25) is 0 Å². The molecule has 3 nitrogen and oxygen atoms in total. The number of rotatable bonds is 5. The summed E-state index contributed by atoms with van der Waals surface area (Å²) in [6, 6.07) is 6.93. The highest BCUT2D eigenvalue weighted by atomic mass is 19.1. The number of hydrazine groups is 1. The average Bonchev–Trinajstić information content (AvgIpc) is 2.48. The Bertz CT molecular complexity index is 436. The molecule has 21 heavy (non-hydrogen) atoms. The van der Waals surface area contributed by atoms with Gasteiger partial charge in [0.25, 0.3) is 0 Å². The van der Waals surface area contributed by atoms with Gasteiger partial charge in [-0.2, -0.15) is 0 Å². The standard InChI is InChI=1S/C17H28FN3/c1-13-8-10-17(11-9-13,21(2)3)16(20-19)12-14-4-6-15(18)7-5-14/h4-7,13,16,20H,8-12,19H2,1-3H3. The summed E-state index contributed by atoms with van der Waals surface area (Å²) in [6.07, 6.45) is 5.59. The van der Waals surface area contributed by atoms with Crippen LogP contribution in [0.1, 0.15) is 38.2 Å². The van der Waals surface area contributed by atoms with E-state index in [1.165, 1.54) is 25.0 Å². The van der Waals surface area contributed by atoms with Crippen LogP contribution in [0.2, 0.25) is 0 Å². The Labute approximate surface area is 127 Å². The molecule has 3 N–H and O–H groups in total. The SMILES string of the molecule is CC1CCC(C(Cc2ccc(F)cc2)NN)(N(C)C)CC1. The van der Waals surface area contributed by atoms with Gasteiger partial charge in [-0.05, 0) is 69.8 Å². The molecular formula is C17H28FN3. The summed E-state index contributed by atoms with van der Waals surface area (Å²) >= 11 is 0. The molecule has 0 bridgehead atoms. The molecule has 2 rings (SSSR count). The van der Waals surface area contributed by atoms with Gasteiger partial charge in [-0.25, -0.2) is 4.39 Å². The lowest BCUT2D eigenvalue weighted by Crippen LogP contribution is -2.62. The Morgan fingerprint density at radius 2 is 1.86 bits per heavy atom. The smallest absolute Gasteiger partial charge is 0.123 e. The quantitative estimate of drug-likeness (QED) is 0.648. The van der Waals surface area contributed by atoms with E-state index >= 15 is 0 Å². The van der Waals surface area contributed by atoms with Crippen LogP contribution in [0.25, 0.3) is 0 Å². The number of benzene rings is 1. The van der Waals surface area contributed by atoms with Crippen molar-refractivity contribution in [3.05, 3.63) is 35.6 Å². The van der Waals surface area contributed by atoms with Crippen molar-refractivity contribution in [2.45, 2.75) is 50.6 Å². The number of hydrogen-bond acceptors (Lipinski definition) is 3. The molecule has 0 radical (unpaired) electrons. The van der Waals surface area contributed by atoms with Gasteiger partial charge in [-0.15, -0.1) is 0 Å². The van der Waals surface area contributed by atoms with Crippen LogP contribution in [0.5, 0.6) is 0 Å². The van der Waals surface area contributed by atoms with Gasteiger partial charge in [-0.3, -0.25) is 11.3 Å². The summed E-state index contributed by atoms with van der Waals surface area (Å²) < 4.78 is 13.1. The van der Waals surface area contributed by atoms with E-state index < -0.39 is 0 Å². The van der Waals surface area contributed by atoms with Crippen LogP contribution in [0.15, 0.2) is 24.3 Å². The fraction of sp³-hybridized carbons (Fsp3) is 0.647. The summed E-state index contributed by atoms with van der Waals surface area (Å²) in [6.45, 7) is 2.32. The second-order valence-corrected chi connectivity index (χ2v) is 6.73. The van der Waals surface area contributed by atoms with Gasteiger partial charge in [-0.1, -0.05) is 19.1 Å². The number of hydrogen-bond donors (Lipinski definition) is 2. The van der Waals surface area contributed by atoms with Gasteiger partial charge in [0.15, 0.2) is 0 Å². The van der Waals surface area contributed by atoms with Crippen molar-refractivity contribution in [1.29, 1.82) is 0 Å². The van der Waals surface area contributed by atoms with Crippen LogP contribution in [0, 0.1) is 11.7 Å². The van der Waals surface area contributed by atoms with E-state index in [1.54, 1.807) is 0 Å². The average molecular weight is 293 g/mol. The second-order valence-electron chi connectivity index (χ2n) is 6.73. The van der Waals surface area contributed by atoms with Crippen molar-refractivity contribution in [2.24, 2.45) is 11.8 Å². The molecule has 1 atom stereocenters. The second kappa shape index (κ2) is 6.86. The molecule has 0 spiro atoms. The maximum Gasteiger partial charge on any atom is 0.123 e. The summed E-state index contributed by atoms with van der Waals surface area (Å²) in [4.78, 5) is 2.33. The summed E-state index contributed by atoms with van der Waals surface area (Å²) in [5, 5.41) is 0. The molecule has 0 heterocycles. The Hall–Kier alpha value is -0.970. The van der Waals surface area contributed by atoms with Gasteiger partial charge in [0.1, 0.15) is 5.82 Å². The van der Waals surface area contributed by atoms with Crippen molar-refractivity contribution >= 4 is 0 Å². The summed E-state index contributed by atoms with van der Waals surface area (Å²) in [5.74, 6) is 6.49. The van der Waals surface area contributed by atoms with Crippen molar-refractivity contribution in [3.63, 3.8) is 0 Å². The Morgan fingerprint density at radius 1 is 1.29 bits per heavy atom. The molecule has 0 aromatic heterocycles. The van der Waals surface area contributed by atoms with Crippen molar-refractivity contribution in [3.8, 4) is 0 Å². The highest BCUT2D eigenvalue weighted by Crippen LogP contribution is 2.38. The predicted octanol–water partition coefficient (Wildman–Crippen LogP) is 2.71. The Morgan fingerprint density at radius 3 is 2.33 bits per heavy atom. The molecule has 4 heteroatoms. The fourth-order valence-corrected chi connectivity index (χ4v) is 3.63. The van der Waals surface area contributed by atoms with E-state index in [0.29, 0.717) is 0 Å². The third-order valence-corrected chi connectivity index (χ3v) is 5.23. The minimum atomic E-state index is -0.190. The van der Waals surface area contributed by atoms with E-state index in [4.69, 9.17) is 5.84 Å². The van der Waals surface area contributed by atoms with E-state index in [9.17, 15) is 4.39 Å². The molecule has 0 amide bonds. The van der Waals surface area contributed by atoms with E-state index in [-0.39, 0.29) is 17.4 Å². The molecule has 0 aliphatic heterocycles. The molecular weight excluding hydrogens is 265 g/mol. The molecule has 1 aliphatic carbocycles. The monoisotopic (exact) mass is 293 g/mol. The van der Waals surface area contributed by atoms with E-state index in [1.807, 2.05) is 12.1 Å². The molecule has 1 saturated carbocycles. The molecule has 1 unspecified atom stereocenters. The molecule has 1 aromatic carbocycles. The van der Waals surface area contributed by atoms with Crippen LogP contribution >= 0.6 is 0 Å². The first-order valence-corrected chi connectivity index (χ1v) is 7.86. The number of halogens is 1. The summed E-state index contributed by atoms with van der Waals surface area (Å²) in [7, 11) is 4.29. The minimum absolute atomic E-state index is 0.0790. The number of nitrogens with zero attached hydrogens (tertiary/aromatic N) is 1. The third-order valence-electron chi connectivity index (χ3n) is 5.23. The highest BCUT2D eigenvalue weighted by Gasteiger charge is 2.42. The maximum atomic E-state index is 13.1.